The van der Waals surface area contributed by atoms with Gasteiger partial charge in [0.2, 0.25) is 0 Å². The first-order valence-electron chi connectivity index (χ1n) is 7.59. The van der Waals surface area contributed by atoms with Crippen LogP contribution < -0.4 is 9.96 Å². The van der Waals surface area contributed by atoms with Crippen LogP contribution in [0.25, 0.3) is 0 Å². The quantitative estimate of drug-likeness (QED) is 0.495. The Balaban J connectivity index is 2.43. The van der Waals surface area contributed by atoms with Crippen molar-refractivity contribution >= 4 is 7.62 Å². The predicted octanol–water partition coefficient (Wildman–Crippen LogP) is 3.55. The van der Waals surface area contributed by atoms with Crippen molar-refractivity contribution in [2.75, 3.05) is 13.7 Å². The molecule has 0 unspecified atom stereocenters. The standard InChI is InChI=1S/C16H27BNO2/c1-4-7-14(8-5-2)13-20-16-10-6-9-15(11-16)12-18-17-19-3/h6,9-11,14,18H,4-5,7-8,12-13H2,1-3H3. The molecule has 0 fully saturated rings. The fourth-order valence-corrected chi connectivity index (χ4v) is 2.33. The van der Waals surface area contributed by atoms with E-state index in [2.05, 4.69) is 31.2 Å². The molecule has 1 rings (SSSR count). The minimum Gasteiger partial charge on any atom is -0.493 e. The highest BCUT2D eigenvalue weighted by molar-refractivity contribution is 6.23. The van der Waals surface area contributed by atoms with Crippen LogP contribution in [0.15, 0.2) is 24.3 Å². The normalized spacial score (nSPS) is 10.8. The van der Waals surface area contributed by atoms with Crippen molar-refractivity contribution in [3.63, 3.8) is 0 Å². The molecule has 4 heteroatoms. The van der Waals surface area contributed by atoms with Crippen molar-refractivity contribution in [2.45, 2.75) is 46.1 Å². The van der Waals surface area contributed by atoms with Gasteiger partial charge in [-0.1, -0.05) is 38.8 Å². The second kappa shape index (κ2) is 10.8. The maximum atomic E-state index is 5.95. The molecule has 111 valence electrons. The molecule has 0 aliphatic carbocycles. The van der Waals surface area contributed by atoms with Crippen LogP contribution in [-0.4, -0.2) is 21.3 Å². The Labute approximate surface area is 124 Å². The molecule has 0 aliphatic heterocycles. The molecule has 0 saturated carbocycles. The van der Waals surface area contributed by atoms with Crippen LogP contribution in [-0.2, 0) is 11.2 Å². The van der Waals surface area contributed by atoms with Gasteiger partial charge in [-0.05, 0) is 36.5 Å². The van der Waals surface area contributed by atoms with Gasteiger partial charge in [0.25, 0.3) is 0 Å². The van der Waals surface area contributed by atoms with Gasteiger partial charge in [-0.25, -0.2) is 0 Å². The molecular weight excluding hydrogens is 249 g/mol. The van der Waals surface area contributed by atoms with Gasteiger partial charge in [0.05, 0.1) is 6.61 Å². The first-order chi connectivity index (χ1) is 9.80. The lowest BCUT2D eigenvalue weighted by Crippen LogP contribution is -2.20. The molecule has 0 heterocycles. The Morgan fingerprint density at radius 3 is 2.60 bits per heavy atom. The topological polar surface area (TPSA) is 30.5 Å². The van der Waals surface area contributed by atoms with E-state index >= 15 is 0 Å². The molecular formula is C16H27BNO2. The van der Waals surface area contributed by atoms with Crippen molar-refractivity contribution in [1.29, 1.82) is 0 Å². The second-order valence-corrected chi connectivity index (χ2v) is 5.14. The zero-order valence-electron chi connectivity index (χ0n) is 13.0. The number of benzene rings is 1. The molecule has 0 aliphatic rings. The van der Waals surface area contributed by atoms with Crippen LogP contribution in [0.5, 0.6) is 5.75 Å². The van der Waals surface area contributed by atoms with Gasteiger partial charge in [-0.2, -0.15) is 0 Å². The van der Waals surface area contributed by atoms with E-state index in [4.69, 9.17) is 9.39 Å². The molecule has 1 radical (unpaired) electrons. The highest BCUT2D eigenvalue weighted by Gasteiger charge is 2.08. The fraction of sp³-hybridized carbons (Fsp3) is 0.625. The van der Waals surface area contributed by atoms with Crippen LogP contribution in [0.3, 0.4) is 0 Å². The van der Waals surface area contributed by atoms with E-state index < -0.39 is 0 Å². The van der Waals surface area contributed by atoms with E-state index in [1.165, 1.54) is 31.2 Å². The third-order valence-corrected chi connectivity index (χ3v) is 3.29. The third-order valence-electron chi connectivity index (χ3n) is 3.29. The number of hydrogen-bond donors (Lipinski definition) is 1. The largest absolute Gasteiger partial charge is 0.493 e. The number of ether oxygens (including phenoxy) is 1. The molecule has 1 aromatic carbocycles. The molecule has 20 heavy (non-hydrogen) atoms. The van der Waals surface area contributed by atoms with Gasteiger partial charge in [-0.3, -0.25) is 0 Å². The van der Waals surface area contributed by atoms with Crippen LogP contribution >= 0.6 is 0 Å². The lowest BCUT2D eigenvalue weighted by Gasteiger charge is -2.16. The lowest BCUT2D eigenvalue weighted by atomic mass is 9.99. The highest BCUT2D eigenvalue weighted by Crippen LogP contribution is 2.18. The summed E-state index contributed by atoms with van der Waals surface area (Å²) in [6, 6.07) is 8.23. The SMILES string of the molecule is CCCC(CCC)COc1cccc(CN[B]OC)c1. The summed E-state index contributed by atoms with van der Waals surface area (Å²) in [7, 11) is 3.22. The summed E-state index contributed by atoms with van der Waals surface area (Å²) in [5.74, 6) is 1.63. The molecule has 0 spiro atoms. The van der Waals surface area contributed by atoms with Gasteiger partial charge >= 0.3 is 7.62 Å². The Morgan fingerprint density at radius 2 is 1.95 bits per heavy atom. The van der Waals surface area contributed by atoms with E-state index in [0.29, 0.717) is 5.92 Å². The Bertz CT molecular complexity index is 354. The van der Waals surface area contributed by atoms with Crippen LogP contribution in [0.4, 0.5) is 0 Å². The van der Waals surface area contributed by atoms with Gasteiger partial charge in [0, 0.05) is 13.7 Å². The summed E-state index contributed by atoms with van der Waals surface area (Å²) in [5, 5.41) is 3.08. The van der Waals surface area contributed by atoms with E-state index in [1.807, 2.05) is 12.1 Å². The summed E-state index contributed by atoms with van der Waals surface area (Å²) < 4.78 is 10.8. The Morgan fingerprint density at radius 1 is 1.20 bits per heavy atom. The number of nitrogens with one attached hydrogen (secondary N) is 1. The van der Waals surface area contributed by atoms with Crippen LogP contribution in [0.1, 0.15) is 45.1 Å². The van der Waals surface area contributed by atoms with E-state index in [9.17, 15) is 0 Å². The molecule has 0 saturated heterocycles. The van der Waals surface area contributed by atoms with Crippen LogP contribution in [0.2, 0.25) is 0 Å². The molecule has 1 N–H and O–H groups in total. The average Bonchev–Trinajstić information content (AvgIpc) is 2.46. The monoisotopic (exact) mass is 276 g/mol. The van der Waals surface area contributed by atoms with E-state index in [-0.39, 0.29) is 0 Å². The van der Waals surface area contributed by atoms with Gasteiger partial charge < -0.3 is 14.6 Å². The first kappa shape index (κ1) is 17.1. The minimum absolute atomic E-state index is 0.675. The van der Waals surface area contributed by atoms with Gasteiger partial charge in [0.1, 0.15) is 5.75 Å². The molecule has 1 aromatic rings. The average molecular weight is 276 g/mol. The highest BCUT2D eigenvalue weighted by atomic mass is 16.5. The molecule has 0 amide bonds. The zero-order valence-corrected chi connectivity index (χ0v) is 13.0. The predicted molar refractivity (Wildman–Crippen MR) is 84.8 cm³/mol. The Hall–Kier alpha value is -0.995. The third kappa shape index (κ3) is 6.97. The van der Waals surface area contributed by atoms with Crippen molar-refractivity contribution in [2.24, 2.45) is 5.92 Å². The summed E-state index contributed by atoms with van der Waals surface area (Å²) in [5.41, 5.74) is 1.19. The smallest absolute Gasteiger partial charge is 0.395 e. The molecule has 0 atom stereocenters. The van der Waals surface area contributed by atoms with E-state index in [0.717, 1.165) is 18.9 Å². The molecule has 0 aromatic heterocycles. The minimum atomic E-state index is 0.675. The summed E-state index contributed by atoms with van der Waals surface area (Å²) in [6.45, 7) is 6.05. The summed E-state index contributed by atoms with van der Waals surface area (Å²) in [4.78, 5) is 0. The van der Waals surface area contributed by atoms with Gasteiger partial charge in [0.15, 0.2) is 0 Å². The number of hydrogen-bond acceptors (Lipinski definition) is 3. The van der Waals surface area contributed by atoms with E-state index in [1.54, 1.807) is 14.7 Å². The molecule has 3 nitrogen and oxygen atoms in total. The van der Waals surface area contributed by atoms with Crippen molar-refractivity contribution in [1.82, 2.24) is 5.23 Å². The maximum absolute atomic E-state index is 5.95. The van der Waals surface area contributed by atoms with Crippen molar-refractivity contribution < 1.29 is 9.39 Å². The fourth-order valence-electron chi connectivity index (χ4n) is 2.33. The van der Waals surface area contributed by atoms with Crippen molar-refractivity contribution in [3.05, 3.63) is 29.8 Å². The summed E-state index contributed by atoms with van der Waals surface area (Å²) >= 11 is 0. The lowest BCUT2D eigenvalue weighted by molar-refractivity contribution is 0.229. The zero-order chi connectivity index (χ0) is 14.6. The maximum Gasteiger partial charge on any atom is 0.395 e. The van der Waals surface area contributed by atoms with Crippen molar-refractivity contribution in [3.8, 4) is 5.75 Å². The number of rotatable bonds is 11. The summed E-state index contributed by atoms with van der Waals surface area (Å²) in [6.07, 6.45) is 4.95. The molecule has 0 bridgehead atoms. The first-order valence-corrected chi connectivity index (χ1v) is 7.59. The second-order valence-electron chi connectivity index (χ2n) is 5.14. The van der Waals surface area contributed by atoms with Crippen LogP contribution in [0, 0.1) is 5.92 Å². The van der Waals surface area contributed by atoms with Gasteiger partial charge in [-0.15, -0.1) is 0 Å². The Kier molecular flexibility index (Phi) is 9.17.